The molecule has 0 saturated carbocycles. The minimum atomic E-state index is 0.00207. The number of amides is 1. The number of hydrogen-bond acceptors (Lipinski definition) is 3. The van der Waals surface area contributed by atoms with Gasteiger partial charge in [-0.25, -0.2) is 0 Å². The highest BCUT2D eigenvalue weighted by Gasteiger charge is 2.13. The molecule has 2 N–H and O–H groups in total. The molecule has 0 aromatic heterocycles. The molecule has 1 saturated heterocycles. The summed E-state index contributed by atoms with van der Waals surface area (Å²) >= 11 is 0. The van der Waals surface area contributed by atoms with Crippen molar-refractivity contribution < 1.29 is 9.53 Å². The monoisotopic (exact) mass is 214 g/mol. The summed E-state index contributed by atoms with van der Waals surface area (Å²) < 4.78 is 5.22. The van der Waals surface area contributed by atoms with Crippen LogP contribution in [0.15, 0.2) is 0 Å². The van der Waals surface area contributed by atoms with Crippen molar-refractivity contribution in [2.75, 3.05) is 26.2 Å². The minimum Gasteiger partial charge on any atom is -0.369 e. The van der Waals surface area contributed by atoms with Gasteiger partial charge in [0.2, 0.25) is 5.91 Å². The minimum absolute atomic E-state index is 0.00207. The molecule has 4 nitrogen and oxygen atoms in total. The fraction of sp³-hybridized carbons (Fsp3) is 0.909. The second kappa shape index (κ2) is 6.80. The predicted octanol–water partition coefficient (Wildman–Crippen LogP) is 0.527. The fourth-order valence-electron chi connectivity index (χ4n) is 1.64. The first-order valence-corrected chi connectivity index (χ1v) is 5.77. The Morgan fingerprint density at radius 1 is 1.47 bits per heavy atom. The summed E-state index contributed by atoms with van der Waals surface area (Å²) in [5, 5.41) is 6.22. The van der Waals surface area contributed by atoms with E-state index >= 15 is 0 Å². The molecule has 0 aromatic carbocycles. The van der Waals surface area contributed by atoms with Crippen LogP contribution < -0.4 is 10.6 Å². The van der Waals surface area contributed by atoms with E-state index < -0.39 is 0 Å². The van der Waals surface area contributed by atoms with Crippen LogP contribution in [0.5, 0.6) is 0 Å². The topological polar surface area (TPSA) is 50.4 Å². The zero-order valence-corrected chi connectivity index (χ0v) is 9.71. The van der Waals surface area contributed by atoms with E-state index in [9.17, 15) is 4.79 Å². The number of piperidine rings is 1. The molecule has 88 valence electrons. The average Bonchev–Trinajstić information content (AvgIpc) is 2.25. The summed E-state index contributed by atoms with van der Waals surface area (Å²) in [6, 6.07) is 0. The van der Waals surface area contributed by atoms with Gasteiger partial charge in [-0.2, -0.15) is 0 Å². The molecule has 0 spiro atoms. The molecule has 4 heteroatoms. The molecular formula is C11H22N2O2. The Balaban J connectivity index is 2.05. The van der Waals surface area contributed by atoms with Crippen LogP contribution in [-0.4, -0.2) is 38.3 Å². The summed E-state index contributed by atoms with van der Waals surface area (Å²) in [5.41, 5.74) is 0. The van der Waals surface area contributed by atoms with E-state index in [1.165, 1.54) is 0 Å². The SMILES string of the molecule is CC(C)OCC(=O)NCC1CCNCC1. The van der Waals surface area contributed by atoms with Crippen LogP contribution in [0.3, 0.4) is 0 Å². The van der Waals surface area contributed by atoms with Gasteiger partial charge in [-0.05, 0) is 45.7 Å². The predicted molar refractivity (Wildman–Crippen MR) is 59.7 cm³/mol. The van der Waals surface area contributed by atoms with Gasteiger partial charge in [0.25, 0.3) is 0 Å². The Morgan fingerprint density at radius 2 is 2.13 bits per heavy atom. The van der Waals surface area contributed by atoms with E-state index in [1.807, 2.05) is 13.8 Å². The number of carbonyl (C=O) groups is 1. The lowest BCUT2D eigenvalue weighted by Gasteiger charge is -2.22. The van der Waals surface area contributed by atoms with Crippen molar-refractivity contribution >= 4 is 5.91 Å². The average molecular weight is 214 g/mol. The van der Waals surface area contributed by atoms with Crippen molar-refractivity contribution in [2.24, 2.45) is 5.92 Å². The highest BCUT2D eigenvalue weighted by molar-refractivity contribution is 5.77. The van der Waals surface area contributed by atoms with Gasteiger partial charge < -0.3 is 15.4 Å². The van der Waals surface area contributed by atoms with Crippen LogP contribution in [0.25, 0.3) is 0 Å². The Kier molecular flexibility index (Phi) is 5.65. The lowest BCUT2D eigenvalue weighted by molar-refractivity contribution is -0.127. The van der Waals surface area contributed by atoms with Gasteiger partial charge in [0.05, 0.1) is 6.10 Å². The maximum absolute atomic E-state index is 11.3. The number of hydrogen-bond donors (Lipinski definition) is 2. The normalized spacial score (nSPS) is 18.1. The first-order valence-electron chi connectivity index (χ1n) is 5.77. The van der Waals surface area contributed by atoms with Crippen molar-refractivity contribution in [1.82, 2.24) is 10.6 Å². The van der Waals surface area contributed by atoms with E-state index in [-0.39, 0.29) is 18.6 Å². The maximum Gasteiger partial charge on any atom is 0.246 e. The number of rotatable bonds is 5. The molecular weight excluding hydrogens is 192 g/mol. The molecule has 0 aromatic rings. The van der Waals surface area contributed by atoms with Gasteiger partial charge in [-0.15, -0.1) is 0 Å². The molecule has 0 unspecified atom stereocenters. The lowest BCUT2D eigenvalue weighted by atomic mass is 9.98. The van der Waals surface area contributed by atoms with Gasteiger partial charge in [0, 0.05) is 6.54 Å². The lowest BCUT2D eigenvalue weighted by Crippen LogP contribution is -2.37. The van der Waals surface area contributed by atoms with Gasteiger partial charge in [-0.3, -0.25) is 4.79 Å². The van der Waals surface area contributed by atoms with Crippen molar-refractivity contribution in [1.29, 1.82) is 0 Å². The fourth-order valence-corrected chi connectivity index (χ4v) is 1.64. The third-order valence-corrected chi connectivity index (χ3v) is 2.59. The second-order valence-electron chi connectivity index (χ2n) is 4.36. The highest BCUT2D eigenvalue weighted by atomic mass is 16.5. The third kappa shape index (κ3) is 5.74. The molecule has 1 aliphatic heterocycles. The summed E-state index contributed by atoms with van der Waals surface area (Å²) in [6.07, 6.45) is 2.44. The molecule has 1 fully saturated rings. The number of nitrogens with one attached hydrogen (secondary N) is 2. The molecule has 0 atom stereocenters. The highest BCUT2D eigenvalue weighted by Crippen LogP contribution is 2.09. The van der Waals surface area contributed by atoms with Gasteiger partial charge in [0.1, 0.15) is 6.61 Å². The van der Waals surface area contributed by atoms with Gasteiger partial charge >= 0.3 is 0 Å². The Morgan fingerprint density at radius 3 is 2.73 bits per heavy atom. The summed E-state index contributed by atoms with van der Waals surface area (Å²) in [6.45, 7) is 6.98. The van der Waals surface area contributed by atoms with Crippen molar-refractivity contribution in [3.63, 3.8) is 0 Å². The van der Waals surface area contributed by atoms with Crippen LogP contribution in [0.4, 0.5) is 0 Å². The zero-order valence-electron chi connectivity index (χ0n) is 9.71. The molecule has 1 heterocycles. The van der Waals surface area contributed by atoms with Crippen molar-refractivity contribution in [3.05, 3.63) is 0 Å². The van der Waals surface area contributed by atoms with E-state index in [0.717, 1.165) is 32.5 Å². The van der Waals surface area contributed by atoms with Crippen molar-refractivity contribution in [3.8, 4) is 0 Å². The summed E-state index contributed by atoms with van der Waals surface area (Å²) in [4.78, 5) is 11.3. The van der Waals surface area contributed by atoms with Crippen LogP contribution in [0.2, 0.25) is 0 Å². The molecule has 0 aliphatic carbocycles. The van der Waals surface area contributed by atoms with E-state index in [0.29, 0.717) is 5.92 Å². The standard InChI is InChI=1S/C11H22N2O2/c1-9(2)15-8-11(14)13-7-10-3-5-12-6-4-10/h9-10,12H,3-8H2,1-2H3,(H,13,14). The van der Waals surface area contributed by atoms with Crippen LogP contribution in [0.1, 0.15) is 26.7 Å². The van der Waals surface area contributed by atoms with Gasteiger partial charge in [0.15, 0.2) is 0 Å². The van der Waals surface area contributed by atoms with Crippen molar-refractivity contribution in [2.45, 2.75) is 32.8 Å². The Labute approximate surface area is 91.8 Å². The van der Waals surface area contributed by atoms with Gasteiger partial charge in [-0.1, -0.05) is 0 Å². The summed E-state index contributed by atoms with van der Waals surface area (Å²) in [5.74, 6) is 0.636. The molecule has 1 aliphatic rings. The number of ether oxygens (including phenoxy) is 1. The second-order valence-corrected chi connectivity index (χ2v) is 4.36. The zero-order chi connectivity index (χ0) is 11.1. The molecule has 15 heavy (non-hydrogen) atoms. The van der Waals surface area contributed by atoms with E-state index in [1.54, 1.807) is 0 Å². The Hall–Kier alpha value is -0.610. The van der Waals surface area contributed by atoms with E-state index in [4.69, 9.17) is 4.74 Å². The van der Waals surface area contributed by atoms with Crippen LogP contribution >= 0.6 is 0 Å². The molecule has 0 radical (unpaired) electrons. The smallest absolute Gasteiger partial charge is 0.246 e. The maximum atomic E-state index is 11.3. The number of carbonyl (C=O) groups excluding carboxylic acids is 1. The first kappa shape index (κ1) is 12.5. The first-order chi connectivity index (χ1) is 7.18. The van der Waals surface area contributed by atoms with E-state index in [2.05, 4.69) is 10.6 Å². The summed E-state index contributed by atoms with van der Waals surface area (Å²) in [7, 11) is 0. The quantitative estimate of drug-likeness (QED) is 0.702. The van der Waals surface area contributed by atoms with Crippen LogP contribution in [-0.2, 0) is 9.53 Å². The Bertz CT molecular complexity index is 189. The molecule has 1 amide bonds. The third-order valence-electron chi connectivity index (χ3n) is 2.59. The van der Waals surface area contributed by atoms with Crippen LogP contribution in [0, 0.1) is 5.92 Å². The molecule has 1 rings (SSSR count). The largest absolute Gasteiger partial charge is 0.369 e. The molecule has 0 bridgehead atoms.